The summed E-state index contributed by atoms with van der Waals surface area (Å²) in [5.74, 6) is 0.205. The van der Waals surface area contributed by atoms with Crippen LogP contribution in [-0.4, -0.2) is 73.8 Å². The number of dihydropyridines is 1. The number of aliphatic hydroxyl groups excluding tert-OH is 1. The van der Waals surface area contributed by atoms with Crippen molar-refractivity contribution >= 4 is 34.0 Å². The number of aromatic amines is 1. The number of ether oxygens (including phenoxy) is 3. The van der Waals surface area contributed by atoms with Gasteiger partial charge < -0.3 is 54.4 Å². The third-order valence-corrected chi connectivity index (χ3v) is 17.0. The fraction of sp³-hybridized carbons (Fsp3) is 0.319. The summed E-state index contributed by atoms with van der Waals surface area (Å²) in [6, 6.07) is 28.7. The first-order chi connectivity index (χ1) is 40.1. The fourth-order valence-electron chi connectivity index (χ4n) is 12.6. The maximum Gasteiger partial charge on any atom is 0.302 e. The third kappa shape index (κ3) is 12.8. The number of phenolic OH excluding ortho intramolecular Hbond substituents is 3. The number of fused-ring (bicyclic) bond motifs is 3. The Labute approximate surface area is 485 Å². The number of Topliss-reactive ketones (excluding diaryl/α,β-unsaturated/α-hetero) is 2. The molecule has 0 amide bonds. The predicted octanol–water partition coefficient (Wildman–Crippen LogP) is 13.1. The Bertz CT molecular complexity index is 3650. The second kappa shape index (κ2) is 25.2. The van der Waals surface area contributed by atoms with Gasteiger partial charge in [0.25, 0.3) is 0 Å². The molecule has 0 unspecified atom stereocenters. The molecule has 3 aliphatic rings. The number of phenols is 3. The van der Waals surface area contributed by atoms with E-state index in [1.165, 1.54) is 20.1 Å². The van der Waals surface area contributed by atoms with E-state index in [2.05, 4.69) is 77.9 Å². The molecule has 14 heteroatoms. The quantitative estimate of drug-likeness (QED) is 0.0599. The van der Waals surface area contributed by atoms with Crippen LogP contribution in [0.15, 0.2) is 170 Å². The number of methoxy groups -OCH3 is 1. The SMILES string of the molecule is CC[C@H](c1ccccc1)c1cc(O)cc(Oc2c(O)cc([C@@H]3CC(=O)C[C@H](OC(C)=O)CC[C@@]4(C=CC=C[C@@H]4C)Cc4c[nH]cc4C[C@@H](c4cccc(O)c4)C4=CCNC(=C4)N(CCC(C)=O)c4ccc(CO)c5cn3cc45)cc2OC)c1. The number of rotatable bonds is 13. The number of nitrogens with one attached hydrogen (secondary N) is 2. The van der Waals surface area contributed by atoms with Gasteiger partial charge in [-0.3, -0.25) is 14.4 Å². The topological polar surface area (TPSA) is 196 Å². The van der Waals surface area contributed by atoms with E-state index >= 15 is 4.79 Å². The monoisotopic (exact) mass is 1120 g/mol. The Morgan fingerprint density at radius 2 is 1.65 bits per heavy atom. The van der Waals surface area contributed by atoms with Crippen LogP contribution in [0.3, 0.4) is 0 Å². The number of aliphatic hydroxyl groups is 1. The molecule has 0 saturated heterocycles. The van der Waals surface area contributed by atoms with Gasteiger partial charge in [0.1, 0.15) is 40.7 Å². The summed E-state index contributed by atoms with van der Waals surface area (Å²) in [5, 5.41) is 50.2. The number of hydrogen-bond acceptors (Lipinski definition) is 12. The van der Waals surface area contributed by atoms with Crippen molar-refractivity contribution in [3.8, 4) is 34.5 Å². The van der Waals surface area contributed by atoms with Crippen LogP contribution in [-0.2, 0) is 38.6 Å². The molecule has 1 spiro atoms. The number of aromatic nitrogens is 2. The lowest BCUT2D eigenvalue weighted by Crippen LogP contribution is -2.35. The molecule has 2 aromatic heterocycles. The highest BCUT2D eigenvalue weighted by Crippen LogP contribution is 2.47. The molecule has 1 aliphatic carbocycles. The predicted molar refractivity (Wildman–Crippen MR) is 322 cm³/mol. The number of anilines is 1. The highest BCUT2D eigenvalue weighted by molar-refractivity contribution is 5.97. The summed E-state index contributed by atoms with van der Waals surface area (Å²) in [4.78, 5) is 46.6. The summed E-state index contributed by atoms with van der Waals surface area (Å²) >= 11 is 0. The van der Waals surface area contributed by atoms with Gasteiger partial charge in [-0.1, -0.05) is 92.8 Å². The number of H-pyrrole nitrogens is 1. The molecule has 0 fully saturated rings. The molecule has 430 valence electrons. The van der Waals surface area contributed by atoms with Gasteiger partial charge in [0.05, 0.1) is 25.4 Å². The number of ketones is 2. The van der Waals surface area contributed by atoms with E-state index in [1.54, 1.807) is 31.2 Å². The molecule has 10 rings (SSSR count). The summed E-state index contributed by atoms with van der Waals surface area (Å²) in [5.41, 5.74) is 7.54. The van der Waals surface area contributed by atoms with E-state index in [4.69, 9.17) is 14.2 Å². The number of hydrogen-bond donors (Lipinski definition) is 6. The van der Waals surface area contributed by atoms with E-state index in [0.29, 0.717) is 55.3 Å². The fourth-order valence-corrected chi connectivity index (χ4v) is 12.6. The van der Waals surface area contributed by atoms with E-state index in [9.17, 15) is 30.0 Å². The molecule has 0 saturated carbocycles. The third-order valence-electron chi connectivity index (χ3n) is 17.0. The number of esters is 1. The number of carbonyl (C=O) groups excluding carboxylic acids is 3. The minimum absolute atomic E-state index is 0.00185. The minimum atomic E-state index is -0.807. The van der Waals surface area contributed by atoms with Crippen LogP contribution in [0.25, 0.3) is 10.8 Å². The van der Waals surface area contributed by atoms with Crippen molar-refractivity contribution in [2.75, 3.05) is 25.1 Å². The number of nitrogens with zero attached hydrogens (tertiary/aromatic N) is 2. The van der Waals surface area contributed by atoms with Gasteiger partial charge in [-0.2, -0.15) is 0 Å². The van der Waals surface area contributed by atoms with Crippen LogP contribution >= 0.6 is 0 Å². The molecule has 7 aromatic rings. The summed E-state index contributed by atoms with van der Waals surface area (Å²) < 4.78 is 20.4. The second-order valence-electron chi connectivity index (χ2n) is 22.5. The molecule has 0 radical (unpaired) electrons. The smallest absolute Gasteiger partial charge is 0.302 e. The first-order valence-electron chi connectivity index (χ1n) is 28.7. The van der Waals surface area contributed by atoms with Gasteiger partial charge in [0.2, 0.25) is 5.75 Å². The summed E-state index contributed by atoms with van der Waals surface area (Å²) in [6.07, 6.45) is 23.1. The highest BCUT2D eigenvalue weighted by Gasteiger charge is 2.37. The summed E-state index contributed by atoms with van der Waals surface area (Å²) in [6.45, 7) is 7.70. The lowest BCUT2D eigenvalue weighted by Gasteiger charge is -2.38. The van der Waals surface area contributed by atoms with Gasteiger partial charge in [-0.15, -0.1) is 0 Å². The van der Waals surface area contributed by atoms with Crippen LogP contribution < -0.4 is 19.7 Å². The zero-order valence-electron chi connectivity index (χ0n) is 47.8. The van der Waals surface area contributed by atoms with Crippen molar-refractivity contribution in [3.05, 3.63) is 209 Å². The lowest BCUT2D eigenvalue weighted by molar-refractivity contribution is -0.148. The molecule has 5 aromatic carbocycles. The zero-order valence-corrected chi connectivity index (χ0v) is 47.8. The Hall–Kier alpha value is -8.75. The number of aromatic hydroxyl groups is 3. The zero-order chi connectivity index (χ0) is 58.4. The molecule has 6 N–H and O–H groups in total. The molecule has 4 bridgehead atoms. The van der Waals surface area contributed by atoms with Crippen molar-refractivity contribution in [1.29, 1.82) is 0 Å². The molecular weight excluding hydrogens is 1040 g/mol. The Morgan fingerprint density at radius 1 is 0.843 bits per heavy atom. The standard InChI is InChI=1S/C69H74N4O10/c1-6-59(46-14-8-7-9-15-46)50-28-55(78)35-58(29-50)83-68-65(80)31-51(32-66(68)81-5)64-36-56(79)34-57(82-45(4)76)20-24-69(23-11-10-13-43(69)2)37-53-39-70-38-52(53)30-60(47-16-12-17-54(77)27-47)48-21-25-71-67(33-48)73(26-22-44(3)75)63-19-18-49(42-74)61-40-72(64)41-62(61)63/h7-19,21,23,27-29,31-33,35,38-41,43,57,59-60,64,70-71,74,77-78,80H,6,20,22,24-26,30,34,36-37,42H2,1-5H3/t43-,57+,59+,60-,64-,69-/m0/s1. The first-order valence-corrected chi connectivity index (χ1v) is 28.7. The van der Waals surface area contributed by atoms with Gasteiger partial charge >= 0.3 is 5.97 Å². The van der Waals surface area contributed by atoms with Crippen LogP contribution in [0.4, 0.5) is 5.69 Å². The number of benzene rings is 5. The average Bonchev–Trinajstić information content (AvgIpc) is 4.14. The molecular formula is C69H74N4O10. The molecule has 14 nitrogen and oxygen atoms in total. The Balaban J connectivity index is 1.12. The van der Waals surface area contributed by atoms with Gasteiger partial charge in [0.15, 0.2) is 11.5 Å². The Kier molecular flexibility index (Phi) is 17.4. The highest BCUT2D eigenvalue weighted by atomic mass is 16.5. The van der Waals surface area contributed by atoms with Gasteiger partial charge in [-0.05, 0) is 143 Å². The van der Waals surface area contributed by atoms with Crippen molar-refractivity contribution in [1.82, 2.24) is 14.9 Å². The van der Waals surface area contributed by atoms with E-state index in [1.807, 2.05) is 83.7 Å². The van der Waals surface area contributed by atoms with E-state index < -0.39 is 23.5 Å². The van der Waals surface area contributed by atoms with Crippen LogP contribution in [0.1, 0.15) is 123 Å². The van der Waals surface area contributed by atoms with Gasteiger partial charge in [0, 0.05) is 92.7 Å². The van der Waals surface area contributed by atoms with Gasteiger partial charge in [-0.25, -0.2) is 0 Å². The number of allylic oxidation sites excluding steroid dienone is 6. The van der Waals surface area contributed by atoms with Crippen molar-refractivity contribution in [2.45, 2.75) is 110 Å². The maximum atomic E-state index is 15.1. The number of carbonyl (C=O) groups is 3. The first kappa shape index (κ1) is 57.5. The van der Waals surface area contributed by atoms with Crippen molar-refractivity contribution < 1.29 is 49.0 Å². The van der Waals surface area contributed by atoms with Crippen molar-refractivity contribution in [3.63, 3.8) is 0 Å². The minimum Gasteiger partial charge on any atom is -0.508 e. The largest absolute Gasteiger partial charge is 0.508 e. The normalized spacial score (nSPS) is 20.7. The summed E-state index contributed by atoms with van der Waals surface area (Å²) in [7, 11) is 1.47. The van der Waals surface area contributed by atoms with Crippen LogP contribution in [0, 0.1) is 11.3 Å². The lowest BCUT2D eigenvalue weighted by atomic mass is 9.66. The maximum absolute atomic E-state index is 15.1. The second-order valence-corrected chi connectivity index (χ2v) is 22.5. The van der Waals surface area contributed by atoms with Crippen LogP contribution in [0.2, 0.25) is 0 Å². The average molecular weight is 1120 g/mol. The molecule has 4 heterocycles. The molecule has 2 aliphatic heterocycles. The molecule has 6 atom stereocenters. The van der Waals surface area contributed by atoms with E-state index in [-0.39, 0.29) is 89.7 Å². The Morgan fingerprint density at radius 3 is 2.40 bits per heavy atom. The van der Waals surface area contributed by atoms with E-state index in [0.717, 1.165) is 56.7 Å². The van der Waals surface area contributed by atoms with Crippen molar-refractivity contribution in [2.24, 2.45) is 11.3 Å². The van der Waals surface area contributed by atoms with Crippen LogP contribution in [0.5, 0.6) is 34.5 Å². The molecule has 83 heavy (non-hydrogen) atoms.